The maximum atomic E-state index is 12.6. The zero-order valence-corrected chi connectivity index (χ0v) is 15.1. The van der Waals surface area contributed by atoms with Gasteiger partial charge in [-0.15, -0.1) is 0 Å². The molecule has 0 bridgehead atoms. The second kappa shape index (κ2) is 6.79. The quantitative estimate of drug-likeness (QED) is 0.866. The fourth-order valence-corrected chi connectivity index (χ4v) is 3.67. The van der Waals surface area contributed by atoms with Crippen molar-refractivity contribution < 1.29 is 4.79 Å². The van der Waals surface area contributed by atoms with Gasteiger partial charge in [0.1, 0.15) is 0 Å². The van der Waals surface area contributed by atoms with Crippen LogP contribution in [0.5, 0.6) is 0 Å². The molecule has 3 rings (SSSR count). The highest BCUT2D eigenvalue weighted by Gasteiger charge is 2.26. The number of nitrogens with zero attached hydrogens (tertiary/aromatic N) is 5. The molecule has 1 unspecified atom stereocenters. The smallest absolute Gasteiger partial charge is 0.224 e. The first kappa shape index (κ1) is 16.7. The van der Waals surface area contributed by atoms with Crippen molar-refractivity contribution >= 4 is 5.91 Å². The van der Waals surface area contributed by atoms with Crippen LogP contribution in [0, 0.1) is 13.8 Å². The average molecular weight is 329 g/mol. The predicted octanol–water partition coefficient (Wildman–Crippen LogP) is 2.59. The summed E-state index contributed by atoms with van der Waals surface area (Å²) in [6.07, 6.45) is 6.59. The number of rotatable bonds is 4. The number of likely N-dealkylation sites (tertiary alicyclic amines) is 1. The Labute approximate surface area is 143 Å². The van der Waals surface area contributed by atoms with Gasteiger partial charge in [0.05, 0.1) is 17.9 Å². The Bertz CT molecular complexity index is 709. The molecule has 1 aliphatic heterocycles. The first-order valence-electron chi connectivity index (χ1n) is 8.73. The average Bonchev–Trinajstić information content (AvgIpc) is 3.12. The molecular weight excluding hydrogens is 302 g/mol. The molecular formula is C18H27N5O. The highest BCUT2D eigenvalue weighted by molar-refractivity contribution is 5.76. The van der Waals surface area contributed by atoms with Crippen molar-refractivity contribution in [3.8, 4) is 0 Å². The van der Waals surface area contributed by atoms with Crippen LogP contribution in [0.2, 0.25) is 0 Å². The molecule has 130 valence electrons. The summed E-state index contributed by atoms with van der Waals surface area (Å²) in [6.45, 7) is 7.77. The molecule has 0 spiro atoms. The van der Waals surface area contributed by atoms with Gasteiger partial charge >= 0.3 is 0 Å². The van der Waals surface area contributed by atoms with Crippen LogP contribution in [0.15, 0.2) is 18.5 Å². The van der Waals surface area contributed by atoms with Crippen LogP contribution in [0.4, 0.5) is 0 Å². The number of piperidine rings is 1. The van der Waals surface area contributed by atoms with Crippen molar-refractivity contribution in [2.24, 2.45) is 7.05 Å². The molecule has 6 heteroatoms. The van der Waals surface area contributed by atoms with Gasteiger partial charge in [0.2, 0.25) is 5.91 Å². The lowest BCUT2D eigenvalue weighted by Gasteiger charge is -2.32. The number of aryl methyl sites for hydroxylation is 3. The van der Waals surface area contributed by atoms with Gasteiger partial charge in [0.15, 0.2) is 0 Å². The minimum atomic E-state index is 0.0993. The largest absolute Gasteiger partial charge is 0.343 e. The first-order valence-corrected chi connectivity index (χ1v) is 8.73. The van der Waals surface area contributed by atoms with E-state index in [2.05, 4.69) is 29.4 Å². The van der Waals surface area contributed by atoms with Gasteiger partial charge in [-0.25, -0.2) is 0 Å². The standard InChI is InChI=1S/C18H27N5O/c1-13-9-14(2)23(20-13)15(3)10-18(24)22-7-5-16(6-8-22)17-11-19-21(4)12-17/h9,11-12,15-16H,5-8,10H2,1-4H3. The lowest BCUT2D eigenvalue weighted by Crippen LogP contribution is -2.38. The van der Waals surface area contributed by atoms with E-state index < -0.39 is 0 Å². The molecule has 6 nitrogen and oxygen atoms in total. The summed E-state index contributed by atoms with van der Waals surface area (Å²) < 4.78 is 3.82. The summed E-state index contributed by atoms with van der Waals surface area (Å²) in [4.78, 5) is 14.6. The van der Waals surface area contributed by atoms with Crippen molar-refractivity contribution in [3.05, 3.63) is 35.4 Å². The molecule has 0 aliphatic carbocycles. The van der Waals surface area contributed by atoms with Gasteiger partial charge in [-0.2, -0.15) is 10.2 Å². The lowest BCUT2D eigenvalue weighted by molar-refractivity contribution is -0.133. The molecule has 0 radical (unpaired) electrons. The van der Waals surface area contributed by atoms with Gasteiger partial charge in [-0.05, 0) is 51.2 Å². The number of aromatic nitrogens is 4. The number of carbonyl (C=O) groups excluding carboxylic acids is 1. The van der Waals surface area contributed by atoms with E-state index in [4.69, 9.17) is 0 Å². The molecule has 0 aromatic carbocycles. The zero-order chi connectivity index (χ0) is 17.3. The Balaban J connectivity index is 1.54. The van der Waals surface area contributed by atoms with Crippen LogP contribution in [-0.4, -0.2) is 43.5 Å². The minimum Gasteiger partial charge on any atom is -0.343 e. The first-order chi connectivity index (χ1) is 11.4. The predicted molar refractivity (Wildman–Crippen MR) is 92.8 cm³/mol. The Morgan fingerprint density at radius 1 is 1.33 bits per heavy atom. The Morgan fingerprint density at radius 3 is 2.58 bits per heavy atom. The highest BCUT2D eigenvalue weighted by atomic mass is 16.2. The molecule has 2 aromatic heterocycles. The summed E-state index contributed by atoms with van der Waals surface area (Å²) >= 11 is 0. The van der Waals surface area contributed by atoms with Crippen LogP contribution in [0.3, 0.4) is 0 Å². The van der Waals surface area contributed by atoms with Crippen molar-refractivity contribution in [2.75, 3.05) is 13.1 Å². The van der Waals surface area contributed by atoms with Crippen LogP contribution < -0.4 is 0 Å². The zero-order valence-electron chi connectivity index (χ0n) is 15.1. The number of amides is 1. The van der Waals surface area contributed by atoms with Crippen molar-refractivity contribution in [1.82, 2.24) is 24.5 Å². The fraction of sp³-hybridized carbons (Fsp3) is 0.611. The van der Waals surface area contributed by atoms with Gasteiger partial charge in [0.25, 0.3) is 0 Å². The lowest BCUT2D eigenvalue weighted by atomic mass is 9.91. The molecule has 1 saturated heterocycles. The fourth-order valence-electron chi connectivity index (χ4n) is 3.67. The van der Waals surface area contributed by atoms with Crippen LogP contribution in [-0.2, 0) is 11.8 Å². The molecule has 3 heterocycles. The van der Waals surface area contributed by atoms with E-state index in [1.54, 1.807) is 0 Å². The van der Waals surface area contributed by atoms with E-state index in [0.29, 0.717) is 12.3 Å². The summed E-state index contributed by atoms with van der Waals surface area (Å²) in [6, 6.07) is 2.16. The van der Waals surface area contributed by atoms with Gasteiger partial charge < -0.3 is 4.90 Å². The molecule has 1 aliphatic rings. The third-order valence-corrected chi connectivity index (χ3v) is 4.98. The molecule has 1 amide bonds. The van der Waals surface area contributed by atoms with Crippen molar-refractivity contribution in [1.29, 1.82) is 0 Å². The maximum absolute atomic E-state index is 12.6. The van der Waals surface area contributed by atoms with E-state index in [1.807, 2.05) is 41.4 Å². The minimum absolute atomic E-state index is 0.0993. The normalized spacial score (nSPS) is 17.2. The van der Waals surface area contributed by atoms with Crippen LogP contribution >= 0.6 is 0 Å². The maximum Gasteiger partial charge on any atom is 0.224 e. The van der Waals surface area contributed by atoms with Crippen LogP contribution in [0.1, 0.15) is 55.1 Å². The van der Waals surface area contributed by atoms with E-state index in [0.717, 1.165) is 37.3 Å². The molecule has 1 atom stereocenters. The monoisotopic (exact) mass is 329 g/mol. The molecule has 1 fully saturated rings. The van der Waals surface area contributed by atoms with E-state index >= 15 is 0 Å². The van der Waals surface area contributed by atoms with E-state index in [-0.39, 0.29) is 11.9 Å². The Morgan fingerprint density at radius 2 is 2.04 bits per heavy atom. The molecule has 2 aromatic rings. The summed E-state index contributed by atoms with van der Waals surface area (Å²) in [5.74, 6) is 0.760. The second-order valence-electron chi connectivity index (χ2n) is 7.03. The van der Waals surface area contributed by atoms with E-state index in [1.165, 1.54) is 5.56 Å². The SMILES string of the molecule is Cc1cc(C)n(C(C)CC(=O)N2CCC(c3cnn(C)c3)CC2)n1. The molecule has 24 heavy (non-hydrogen) atoms. The third-order valence-electron chi connectivity index (χ3n) is 4.98. The topological polar surface area (TPSA) is 56.0 Å². The molecule has 0 N–H and O–H groups in total. The van der Waals surface area contributed by atoms with Gasteiger partial charge in [0, 0.05) is 38.4 Å². The Kier molecular flexibility index (Phi) is 4.73. The van der Waals surface area contributed by atoms with Crippen molar-refractivity contribution in [3.63, 3.8) is 0 Å². The summed E-state index contributed by atoms with van der Waals surface area (Å²) in [5, 5.41) is 8.75. The van der Waals surface area contributed by atoms with Gasteiger partial charge in [-0.1, -0.05) is 0 Å². The number of hydrogen-bond acceptors (Lipinski definition) is 3. The second-order valence-corrected chi connectivity index (χ2v) is 7.03. The molecule has 0 saturated carbocycles. The number of hydrogen-bond donors (Lipinski definition) is 0. The van der Waals surface area contributed by atoms with Crippen LogP contribution in [0.25, 0.3) is 0 Å². The summed E-state index contributed by atoms with van der Waals surface area (Å²) in [5.41, 5.74) is 3.41. The Hall–Kier alpha value is -2.11. The van der Waals surface area contributed by atoms with Gasteiger partial charge in [-0.3, -0.25) is 14.2 Å². The number of carbonyl (C=O) groups is 1. The highest BCUT2D eigenvalue weighted by Crippen LogP contribution is 2.28. The van der Waals surface area contributed by atoms with E-state index in [9.17, 15) is 4.79 Å². The van der Waals surface area contributed by atoms with Crippen molar-refractivity contribution in [2.45, 2.75) is 52.0 Å². The summed E-state index contributed by atoms with van der Waals surface area (Å²) in [7, 11) is 1.95. The third kappa shape index (κ3) is 3.52.